The van der Waals surface area contributed by atoms with Gasteiger partial charge in [-0.25, -0.2) is 14.4 Å². The molecule has 1 aromatic heterocycles. The molecule has 0 saturated carbocycles. The van der Waals surface area contributed by atoms with E-state index in [1.165, 1.54) is 12.4 Å². The minimum atomic E-state index is -0.229. The highest BCUT2D eigenvalue weighted by molar-refractivity contribution is 6.30. The molecule has 1 aromatic carbocycles. The van der Waals surface area contributed by atoms with Gasteiger partial charge in [0.2, 0.25) is 0 Å². The zero-order chi connectivity index (χ0) is 13.7. The molecule has 3 nitrogen and oxygen atoms in total. The Morgan fingerprint density at radius 3 is 2.79 bits per heavy atom. The summed E-state index contributed by atoms with van der Waals surface area (Å²) in [5.74, 6) is 0.442. The molecule has 0 saturated heterocycles. The molecule has 2 aromatic rings. The van der Waals surface area contributed by atoms with Gasteiger partial charge in [0.25, 0.3) is 0 Å². The summed E-state index contributed by atoms with van der Waals surface area (Å²) >= 11 is 6.06. The van der Waals surface area contributed by atoms with Crippen LogP contribution in [-0.4, -0.2) is 9.97 Å². The summed E-state index contributed by atoms with van der Waals surface area (Å²) in [6.45, 7) is 2.43. The number of halogens is 2. The molecule has 0 aliphatic heterocycles. The van der Waals surface area contributed by atoms with Crippen molar-refractivity contribution in [2.45, 2.75) is 26.3 Å². The van der Waals surface area contributed by atoms with Gasteiger partial charge in [0.05, 0.1) is 0 Å². The summed E-state index contributed by atoms with van der Waals surface area (Å²) in [4.78, 5) is 8.14. The van der Waals surface area contributed by atoms with Crippen LogP contribution in [-0.2, 0) is 13.0 Å². The zero-order valence-corrected chi connectivity index (χ0v) is 11.4. The Morgan fingerprint density at radius 2 is 2.05 bits per heavy atom. The van der Waals surface area contributed by atoms with Crippen LogP contribution in [0, 0.1) is 5.82 Å². The second-order valence-corrected chi connectivity index (χ2v) is 4.54. The molecule has 0 amide bonds. The fourth-order valence-electron chi connectivity index (χ4n) is 1.84. The van der Waals surface area contributed by atoms with Crippen molar-refractivity contribution < 1.29 is 4.39 Å². The second kappa shape index (κ2) is 6.48. The Morgan fingerprint density at radius 1 is 1.26 bits per heavy atom. The average molecular weight is 280 g/mol. The van der Waals surface area contributed by atoms with E-state index in [-0.39, 0.29) is 5.82 Å². The Labute approximate surface area is 116 Å². The maximum absolute atomic E-state index is 13.5. The number of nitrogens with zero attached hydrogens (tertiary/aromatic N) is 2. The maximum atomic E-state index is 13.5. The van der Waals surface area contributed by atoms with Crippen LogP contribution in [0.15, 0.2) is 30.6 Å². The standard InChI is InChI=1S/C14H15ClFN3/c1-2-5-11-13(15)18-9-19-14(11)17-8-10-6-3-4-7-12(10)16/h3-4,6-7,9H,2,5,8H2,1H3,(H,17,18,19). The number of hydrogen-bond acceptors (Lipinski definition) is 3. The van der Waals surface area contributed by atoms with E-state index in [4.69, 9.17) is 11.6 Å². The number of benzene rings is 1. The fraction of sp³-hybridized carbons (Fsp3) is 0.286. The molecule has 0 fully saturated rings. The Balaban J connectivity index is 2.16. The quantitative estimate of drug-likeness (QED) is 0.845. The van der Waals surface area contributed by atoms with Crippen molar-refractivity contribution in [1.82, 2.24) is 9.97 Å². The van der Waals surface area contributed by atoms with Crippen molar-refractivity contribution >= 4 is 17.4 Å². The summed E-state index contributed by atoms with van der Waals surface area (Å²) in [7, 11) is 0. The Kier molecular flexibility index (Phi) is 4.68. The predicted octanol–water partition coefficient (Wildman–Crippen LogP) is 3.83. The van der Waals surface area contributed by atoms with E-state index in [0.717, 1.165) is 18.4 Å². The molecule has 0 radical (unpaired) electrons. The van der Waals surface area contributed by atoms with Gasteiger partial charge >= 0.3 is 0 Å². The molecule has 19 heavy (non-hydrogen) atoms. The lowest BCUT2D eigenvalue weighted by molar-refractivity contribution is 0.613. The van der Waals surface area contributed by atoms with Crippen molar-refractivity contribution in [2.75, 3.05) is 5.32 Å². The minimum Gasteiger partial charge on any atom is -0.366 e. The van der Waals surface area contributed by atoms with Gasteiger partial charge in [0, 0.05) is 17.7 Å². The monoisotopic (exact) mass is 279 g/mol. The van der Waals surface area contributed by atoms with E-state index in [1.54, 1.807) is 18.2 Å². The summed E-state index contributed by atoms with van der Waals surface area (Å²) in [6, 6.07) is 6.66. The highest BCUT2D eigenvalue weighted by Gasteiger charge is 2.09. The lowest BCUT2D eigenvalue weighted by Crippen LogP contribution is -2.07. The van der Waals surface area contributed by atoms with E-state index in [2.05, 4.69) is 22.2 Å². The maximum Gasteiger partial charge on any atom is 0.137 e. The van der Waals surface area contributed by atoms with Crippen LogP contribution < -0.4 is 5.32 Å². The van der Waals surface area contributed by atoms with Gasteiger partial charge in [-0.05, 0) is 12.5 Å². The van der Waals surface area contributed by atoms with E-state index < -0.39 is 0 Å². The summed E-state index contributed by atoms with van der Waals surface area (Å²) in [5, 5.41) is 3.57. The lowest BCUT2D eigenvalue weighted by atomic mass is 10.1. The predicted molar refractivity (Wildman–Crippen MR) is 74.8 cm³/mol. The number of aromatic nitrogens is 2. The van der Waals surface area contributed by atoms with E-state index in [9.17, 15) is 4.39 Å². The van der Waals surface area contributed by atoms with Crippen LogP contribution in [0.4, 0.5) is 10.2 Å². The van der Waals surface area contributed by atoms with Crippen LogP contribution >= 0.6 is 11.6 Å². The molecule has 1 heterocycles. The summed E-state index contributed by atoms with van der Waals surface area (Å²) in [5.41, 5.74) is 1.47. The van der Waals surface area contributed by atoms with Gasteiger partial charge < -0.3 is 5.32 Å². The fourth-order valence-corrected chi connectivity index (χ4v) is 2.06. The van der Waals surface area contributed by atoms with E-state index >= 15 is 0 Å². The van der Waals surface area contributed by atoms with Gasteiger partial charge in [0.15, 0.2) is 0 Å². The van der Waals surface area contributed by atoms with Crippen molar-refractivity contribution in [3.63, 3.8) is 0 Å². The molecule has 0 spiro atoms. The molecule has 0 aliphatic carbocycles. The molecular weight excluding hydrogens is 265 g/mol. The van der Waals surface area contributed by atoms with Gasteiger partial charge in [-0.3, -0.25) is 0 Å². The molecule has 5 heteroatoms. The van der Waals surface area contributed by atoms with Gasteiger partial charge in [-0.15, -0.1) is 0 Å². The molecule has 0 bridgehead atoms. The largest absolute Gasteiger partial charge is 0.366 e. The average Bonchev–Trinajstić information content (AvgIpc) is 2.41. The van der Waals surface area contributed by atoms with E-state index in [0.29, 0.717) is 23.1 Å². The second-order valence-electron chi connectivity index (χ2n) is 4.19. The molecule has 100 valence electrons. The van der Waals surface area contributed by atoms with Crippen molar-refractivity contribution in [1.29, 1.82) is 0 Å². The minimum absolute atomic E-state index is 0.229. The van der Waals surface area contributed by atoms with Crippen LogP contribution in [0.5, 0.6) is 0 Å². The van der Waals surface area contributed by atoms with Gasteiger partial charge in [-0.2, -0.15) is 0 Å². The van der Waals surface area contributed by atoms with Crippen LogP contribution in [0.3, 0.4) is 0 Å². The number of nitrogens with one attached hydrogen (secondary N) is 1. The SMILES string of the molecule is CCCc1c(Cl)ncnc1NCc1ccccc1F. The number of anilines is 1. The first kappa shape index (κ1) is 13.7. The first-order valence-electron chi connectivity index (χ1n) is 6.19. The third-order valence-corrected chi connectivity index (χ3v) is 3.12. The summed E-state index contributed by atoms with van der Waals surface area (Å²) < 4.78 is 13.5. The first-order chi connectivity index (χ1) is 9.22. The normalized spacial score (nSPS) is 10.5. The topological polar surface area (TPSA) is 37.8 Å². The molecule has 0 unspecified atom stereocenters. The Hall–Kier alpha value is -1.68. The molecule has 0 aliphatic rings. The number of rotatable bonds is 5. The number of hydrogen-bond donors (Lipinski definition) is 1. The van der Waals surface area contributed by atoms with Gasteiger partial charge in [-0.1, -0.05) is 43.1 Å². The molecular formula is C14H15ClFN3. The molecule has 0 atom stereocenters. The van der Waals surface area contributed by atoms with Crippen molar-refractivity contribution in [2.24, 2.45) is 0 Å². The third kappa shape index (κ3) is 3.41. The highest BCUT2D eigenvalue weighted by Crippen LogP contribution is 2.22. The smallest absolute Gasteiger partial charge is 0.137 e. The van der Waals surface area contributed by atoms with Gasteiger partial charge in [0.1, 0.15) is 23.1 Å². The van der Waals surface area contributed by atoms with Crippen molar-refractivity contribution in [3.05, 3.63) is 52.7 Å². The Bertz CT molecular complexity index is 560. The lowest BCUT2D eigenvalue weighted by Gasteiger charge is -2.11. The summed E-state index contributed by atoms with van der Waals surface area (Å²) in [6.07, 6.45) is 3.14. The first-order valence-corrected chi connectivity index (χ1v) is 6.56. The van der Waals surface area contributed by atoms with E-state index in [1.807, 2.05) is 0 Å². The van der Waals surface area contributed by atoms with Crippen LogP contribution in [0.2, 0.25) is 5.15 Å². The third-order valence-electron chi connectivity index (χ3n) is 2.80. The zero-order valence-electron chi connectivity index (χ0n) is 10.7. The molecule has 2 rings (SSSR count). The highest BCUT2D eigenvalue weighted by atomic mass is 35.5. The van der Waals surface area contributed by atoms with Crippen molar-refractivity contribution in [3.8, 4) is 0 Å². The van der Waals surface area contributed by atoms with Crippen LogP contribution in [0.25, 0.3) is 0 Å². The molecule has 1 N–H and O–H groups in total. The van der Waals surface area contributed by atoms with Crippen LogP contribution in [0.1, 0.15) is 24.5 Å².